The molecule has 0 radical (unpaired) electrons. The Hall–Kier alpha value is -2.15. The molecule has 1 aliphatic carbocycles. The number of benzene rings is 2. The lowest BCUT2D eigenvalue weighted by atomic mass is 9.69. The van der Waals surface area contributed by atoms with Crippen molar-refractivity contribution in [1.29, 1.82) is 0 Å². The Morgan fingerprint density at radius 2 is 1.52 bits per heavy atom. The van der Waals surface area contributed by atoms with Gasteiger partial charge in [-0.2, -0.15) is 0 Å². The summed E-state index contributed by atoms with van der Waals surface area (Å²) < 4.78 is 0. The Morgan fingerprint density at radius 3 is 2.04 bits per heavy atom. The van der Waals surface area contributed by atoms with Crippen LogP contribution in [0.15, 0.2) is 73.3 Å². The van der Waals surface area contributed by atoms with E-state index in [9.17, 15) is 4.79 Å². The largest absolute Gasteiger partial charge is 0.299 e. The van der Waals surface area contributed by atoms with Gasteiger partial charge < -0.3 is 0 Å². The molecule has 0 bridgehead atoms. The van der Waals surface area contributed by atoms with Crippen LogP contribution in [0.25, 0.3) is 0 Å². The van der Waals surface area contributed by atoms with Gasteiger partial charge in [0.1, 0.15) is 5.78 Å². The Balaban J connectivity index is 2.17. The molecule has 1 saturated carbocycles. The van der Waals surface area contributed by atoms with Gasteiger partial charge in [-0.1, -0.05) is 80.6 Å². The van der Waals surface area contributed by atoms with Gasteiger partial charge in [-0.25, -0.2) is 0 Å². The number of hydrogen-bond donors (Lipinski definition) is 0. The van der Waals surface area contributed by atoms with Crippen LogP contribution < -0.4 is 0 Å². The van der Waals surface area contributed by atoms with Crippen molar-refractivity contribution >= 4 is 5.78 Å². The summed E-state index contributed by atoms with van der Waals surface area (Å²) in [6.45, 7) is 8.11. The van der Waals surface area contributed by atoms with Crippen molar-refractivity contribution in [3.63, 3.8) is 0 Å². The van der Waals surface area contributed by atoms with E-state index >= 15 is 0 Å². The summed E-state index contributed by atoms with van der Waals surface area (Å²) >= 11 is 0. The van der Waals surface area contributed by atoms with Crippen LogP contribution in [0.2, 0.25) is 0 Å². The zero-order chi connectivity index (χ0) is 16.4. The molecule has 0 aliphatic heterocycles. The molecule has 1 heteroatoms. The number of carbonyl (C=O) groups is 1. The van der Waals surface area contributed by atoms with E-state index in [1.807, 2.05) is 18.2 Å². The second kappa shape index (κ2) is 6.16. The third-order valence-electron chi connectivity index (χ3n) is 5.47. The summed E-state index contributed by atoms with van der Waals surface area (Å²) in [6.07, 6.45) is 2.62. The smallest absolute Gasteiger partial charge is 0.143 e. The molecule has 0 saturated heterocycles. The predicted octanol–water partition coefficient (Wildman–Crippen LogP) is 5.36. The Bertz CT molecular complexity index is 688. The monoisotopic (exact) mass is 304 g/mol. The molecule has 2 aromatic carbocycles. The lowest BCUT2D eigenvalue weighted by molar-refractivity contribution is -0.128. The molecule has 2 aromatic rings. The van der Waals surface area contributed by atoms with Crippen molar-refractivity contribution in [2.45, 2.75) is 32.1 Å². The van der Waals surface area contributed by atoms with Crippen molar-refractivity contribution in [1.82, 2.24) is 0 Å². The second-order valence-corrected chi connectivity index (χ2v) is 6.89. The Kier molecular flexibility index (Phi) is 4.21. The van der Waals surface area contributed by atoms with Gasteiger partial charge in [-0.3, -0.25) is 4.79 Å². The Labute approximate surface area is 139 Å². The lowest BCUT2D eigenvalue weighted by Crippen LogP contribution is -2.29. The summed E-state index contributed by atoms with van der Waals surface area (Å²) in [5, 5.41) is 0. The minimum atomic E-state index is -0.386. The molecule has 0 spiro atoms. The van der Waals surface area contributed by atoms with Crippen LogP contribution in [0.1, 0.15) is 43.2 Å². The first-order valence-electron chi connectivity index (χ1n) is 8.34. The molecule has 4 atom stereocenters. The van der Waals surface area contributed by atoms with Crippen LogP contribution in [0.5, 0.6) is 0 Å². The zero-order valence-electron chi connectivity index (χ0n) is 13.9. The standard InChI is InChI=1S/C22H24O/c1-4-15-22(3)20(18-13-9-6-10-14-18)19(16(2)21(22)23)17-11-7-5-8-12-17/h4-14,16,19-20H,1,15H2,2-3H3/t16-,19-,20-,22+/m1/s1. The van der Waals surface area contributed by atoms with Gasteiger partial charge in [-0.15, -0.1) is 6.58 Å². The number of carbonyl (C=O) groups excluding carboxylic acids is 1. The molecule has 0 aromatic heterocycles. The van der Waals surface area contributed by atoms with Crippen LogP contribution in [0, 0.1) is 11.3 Å². The maximum atomic E-state index is 13.1. The van der Waals surface area contributed by atoms with Crippen LogP contribution >= 0.6 is 0 Å². The third kappa shape index (κ3) is 2.55. The number of hydrogen-bond acceptors (Lipinski definition) is 1. The van der Waals surface area contributed by atoms with Gasteiger partial charge in [0.25, 0.3) is 0 Å². The molecular formula is C22H24O. The highest BCUT2D eigenvalue weighted by molar-refractivity contribution is 5.92. The first-order chi connectivity index (χ1) is 11.1. The van der Waals surface area contributed by atoms with E-state index in [-0.39, 0.29) is 23.2 Å². The van der Waals surface area contributed by atoms with E-state index in [4.69, 9.17) is 0 Å². The fraction of sp³-hybridized carbons (Fsp3) is 0.318. The van der Waals surface area contributed by atoms with Crippen molar-refractivity contribution in [3.05, 3.63) is 84.4 Å². The molecule has 118 valence electrons. The van der Waals surface area contributed by atoms with Crippen LogP contribution in [-0.2, 0) is 4.79 Å². The van der Waals surface area contributed by atoms with Crippen LogP contribution in [0.4, 0.5) is 0 Å². The molecule has 3 rings (SSSR count). The normalized spacial score (nSPS) is 30.3. The number of rotatable bonds is 4. The van der Waals surface area contributed by atoms with Crippen molar-refractivity contribution in [2.24, 2.45) is 11.3 Å². The number of allylic oxidation sites excluding steroid dienone is 1. The second-order valence-electron chi connectivity index (χ2n) is 6.89. The average molecular weight is 304 g/mol. The van der Waals surface area contributed by atoms with Gasteiger partial charge in [0.05, 0.1) is 0 Å². The van der Waals surface area contributed by atoms with Gasteiger partial charge in [0.15, 0.2) is 0 Å². The van der Waals surface area contributed by atoms with E-state index in [0.29, 0.717) is 5.78 Å². The molecule has 0 unspecified atom stereocenters. The van der Waals surface area contributed by atoms with Crippen molar-refractivity contribution in [3.8, 4) is 0 Å². The maximum absolute atomic E-state index is 13.1. The molecule has 1 nitrogen and oxygen atoms in total. The molecule has 0 heterocycles. The van der Waals surface area contributed by atoms with Gasteiger partial charge in [0.2, 0.25) is 0 Å². The SMILES string of the molecule is C=CC[C@]1(C)C(=O)[C@H](C)[C@H](c2ccccc2)[C@H]1c1ccccc1. The molecular weight excluding hydrogens is 280 g/mol. The molecule has 0 N–H and O–H groups in total. The third-order valence-corrected chi connectivity index (χ3v) is 5.47. The van der Waals surface area contributed by atoms with Crippen LogP contribution in [-0.4, -0.2) is 5.78 Å². The average Bonchev–Trinajstić information content (AvgIpc) is 2.78. The summed E-state index contributed by atoms with van der Waals surface area (Å²) in [6, 6.07) is 21.0. The topological polar surface area (TPSA) is 17.1 Å². The first kappa shape index (κ1) is 15.7. The highest BCUT2D eigenvalue weighted by Gasteiger charge is 2.55. The lowest BCUT2D eigenvalue weighted by Gasteiger charge is -2.33. The molecule has 1 fully saturated rings. The minimum absolute atomic E-state index is 0.0209. The quantitative estimate of drug-likeness (QED) is 0.695. The molecule has 23 heavy (non-hydrogen) atoms. The maximum Gasteiger partial charge on any atom is 0.143 e. The van der Waals surface area contributed by atoms with Crippen LogP contribution in [0.3, 0.4) is 0 Å². The fourth-order valence-corrected chi connectivity index (χ4v) is 4.44. The highest BCUT2D eigenvalue weighted by atomic mass is 16.1. The van der Waals surface area contributed by atoms with Gasteiger partial charge >= 0.3 is 0 Å². The van der Waals surface area contributed by atoms with Gasteiger partial charge in [0, 0.05) is 23.2 Å². The zero-order valence-corrected chi connectivity index (χ0v) is 13.9. The van der Waals surface area contributed by atoms with Crippen molar-refractivity contribution in [2.75, 3.05) is 0 Å². The summed E-state index contributed by atoms with van der Waals surface area (Å²) in [5.74, 6) is 0.787. The van der Waals surface area contributed by atoms with E-state index in [1.54, 1.807) is 0 Å². The fourth-order valence-electron chi connectivity index (χ4n) is 4.44. The van der Waals surface area contributed by atoms with E-state index < -0.39 is 0 Å². The minimum Gasteiger partial charge on any atom is -0.299 e. The highest BCUT2D eigenvalue weighted by Crippen LogP contribution is 2.58. The van der Waals surface area contributed by atoms with E-state index in [0.717, 1.165) is 6.42 Å². The predicted molar refractivity (Wildman–Crippen MR) is 95.5 cm³/mol. The molecule has 1 aliphatic rings. The number of ketones is 1. The first-order valence-corrected chi connectivity index (χ1v) is 8.34. The van der Waals surface area contributed by atoms with E-state index in [1.165, 1.54) is 11.1 Å². The van der Waals surface area contributed by atoms with E-state index in [2.05, 4.69) is 69.0 Å². The number of Topliss-reactive ketones (excluding diaryl/α,β-unsaturated/α-hetero) is 1. The van der Waals surface area contributed by atoms with Gasteiger partial charge in [-0.05, 0) is 17.5 Å². The Morgan fingerprint density at radius 1 is 1.00 bits per heavy atom. The summed E-state index contributed by atoms with van der Waals surface area (Å²) in [4.78, 5) is 13.1. The summed E-state index contributed by atoms with van der Waals surface area (Å²) in [5.41, 5.74) is 2.13. The summed E-state index contributed by atoms with van der Waals surface area (Å²) in [7, 11) is 0. The molecule has 0 amide bonds. The van der Waals surface area contributed by atoms with Crippen molar-refractivity contribution < 1.29 is 4.79 Å².